The second kappa shape index (κ2) is 9.01. The summed E-state index contributed by atoms with van der Waals surface area (Å²) in [5, 5.41) is 14.3. The molecule has 0 radical (unpaired) electrons. The SMILES string of the molecule is Cc1ccn(CCC(=O)N2CCOC(C(=O)NCCc3c(C)n[nH]c3C)C2)n1. The molecule has 0 spiro atoms. The van der Waals surface area contributed by atoms with Gasteiger partial charge in [-0.15, -0.1) is 0 Å². The van der Waals surface area contributed by atoms with Crippen LogP contribution in [0, 0.1) is 20.8 Å². The van der Waals surface area contributed by atoms with Crippen molar-refractivity contribution in [2.24, 2.45) is 0 Å². The number of hydrogen-bond donors (Lipinski definition) is 2. The molecule has 9 nitrogen and oxygen atoms in total. The largest absolute Gasteiger partial charge is 0.365 e. The van der Waals surface area contributed by atoms with Crippen molar-refractivity contribution in [3.63, 3.8) is 0 Å². The van der Waals surface area contributed by atoms with Gasteiger partial charge in [0, 0.05) is 37.9 Å². The van der Waals surface area contributed by atoms with Crippen LogP contribution < -0.4 is 5.32 Å². The van der Waals surface area contributed by atoms with E-state index in [0.717, 1.165) is 22.6 Å². The van der Waals surface area contributed by atoms with Gasteiger partial charge >= 0.3 is 0 Å². The molecule has 0 saturated carbocycles. The summed E-state index contributed by atoms with van der Waals surface area (Å²) in [6, 6.07) is 1.91. The van der Waals surface area contributed by atoms with Crippen LogP contribution in [-0.2, 0) is 27.3 Å². The number of carbonyl (C=O) groups excluding carboxylic acids is 2. The Kier molecular flexibility index (Phi) is 6.45. The van der Waals surface area contributed by atoms with Crippen molar-refractivity contribution in [1.82, 2.24) is 30.2 Å². The van der Waals surface area contributed by atoms with Gasteiger partial charge in [0.25, 0.3) is 5.91 Å². The minimum atomic E-state index is -0.629. The minimum Gasteiger partial charge on any atom is -0.365 e. The first-order valence-corrected chi connectivity index (χ1v) is 9.61. The summed E-state index contributed by atoms with van der Waals surface area (Å²) in [4.78, 5) is 26.6. The van der Waals surface area contributed by atoms with Crippen LogP contribution in [0.4, 0.5) is 0 Å². The van der Waals surface area contributed by atoms with Crippen molar-refractivity contribution < 1.29 is 14.3 Å². The van der Waals surface area contributed by atoms with Gasteiger partial charge in [0.1, 0.15) is 0 Å². The highest BCUT2D eigenvalue weighted by Crippen LogP contribution is 2.10. The van der Waals surface area contributed by atoms with Crippen LogP contribution in [0.1, 0.15) is 29.1 Å². The Hall–Kier alpha value is -2.68. The first-order valence-electron chi connectivity index (χ1n) is 9.61. The van der Waals surface area contributed by atoms with E-state index in [1.807, 2.05) is 33.0 Å². The van der Waals surface area contributed by atoms with Crippen molar-refractivity contribution in [1.29, 1.82) is 0 Å². The zero-order valence-electron chi connectivity index (χ0n) is 16.7. The lowest BCUT2D eigenvalue weighted by molar-refractivity contribution is -0.147. The normalized spacial score (nSPS) is 17.0. The molecule has 3 rings (SSSR count). The van der Waals surface area contributed by atoms with Gasteiger partial charge in [-0.25, -0.2) is 0 Å². The molecular weight excluding hydrogens is 360 g/mol. The number of aromatic nitrogens is 4. The van der Waals surface area contributed by atoms with Crippen molar-refractivity contribution in [3.05, 3.63) is 34.9 Å². The molecule has 0 aromatic carbocycles. The molecule has 1 fully saturated rings. The van der Waals surface area contributed by atoms with E-state index in [4.69, 9.17) is 4.74 Å². The maximum absolute atomic E-state index is 12.5. The van der Waals surface area contributed by atoms with E-state index in [2.05, 4.69) is 20.6 Å². The quantitative estimate of drug-likeness (QED) is 0.719. The van der Waals surface area contributed by atoms with Crippen LogP contribution in [0.3, 0.4) is 0 Å². The van der Waals surface area contributed by atoms with Gasteiger partial charge in [-0.05, 0) is 38.8 Å². The van der Waals surface area contributed by atoms with Crippen LogP contribution in [0.15, 0.2) is 12.3 Å². The van der Waals surface area contributed by atoms with Gasteiger partial charge in [0.15, 0.2) is 6.10 Å². The van der Waals surface area contributed by atoms with Crippen LogP contribution in [-0.4, -0.2) is 69.0 Å². The molecule has 1 unspecified atom stereocenters. The predicted molar refractivity (Wildman–Crippen MR) is 103 cm³/mol. The van der Waals surface area contributed by atoms with Crippen molar-refractivity contribution >= 4 is 11.8 Å². The number of rotatable bonds is 7. The number of ether oxygens (including phenoxy) is 1. The molecule has 1 aliphatic heterocycles. The molecule has 28 heavy (non-hydrogen) atoms. The maximum Gasteiger partial charge on any atom is 0.251 e. The topological polar surface area (TPSA) is 105 Å². The number of nitrogens with zero attached hydrogens (tertiary/aromatic N) is 4. The van der Waals surface area contributed by atoms with E-state index in [0.29, 0.717) is 39.1 Å². The Labute approximate surface area is 164 Å². The summed E-state index contributed by atoms with van der Waals surface area (Å²) in [6.07, 6.45) is 2.30. The number of hydrogen-bond acceptors (Lipinski definition) is 5. The maximum atomic E-state index is 12.5. The van der Waals surface area contributed by atoms with E-state index in [9.17, 15) is 9.59 Å². The molecule has 1 aliphatic rings. The van der Waals surface area contributed by atoms with E-state index in [-0.39, 0.29) is 18.4 Å². The fourth-order valence-electron chi connectivity index (χ4n) is 3.36. The fraction of sp³-hybridized carbons (Fsp3) is 0.579. The lowest BCUT2D eigenvalue weighted by Gasteiger charge is -2.32. The summed E-state index contributed by atoms with van der Waals surface area (Å²) in [6.45, 7) is 8.02. The van der Waals surface area contributed by atoms with Crippen molar-refractivity contribution in [3.8, 4) is 0 Å². The monoisotopic (exact) mass is 388 g/mol. The molecule has 2 amide bonds. The van der Waals surface area contributed by atoms with Gasteiger partial charge < -0.3 is 15.0 Å². The Morgan fingerprint density at radius 3 is 2.86 bits per heavy atom. The average Bonchev–Trinajstić information content (AvgIpc) is 3.25. The summed E-state index contributed by atoms with van der Waals surface area (Å²) < 4.78 is 7.34. The van der Waals surface area contributed by atoms with Crippen LogP contribution in [0.5, 0.6) is 0 Å². The third-order valence-electron chi connectivity index (χ3n) is 5.00. The summed E-state index contributed by atoms with van der Waals surface area (Å²) in [5.41, 5.74) is 4.02. The zero-order valence-corrected chi connectivity index (χ0v) is 16.7. The highest BCUT2D eigenvalue weighted by atomic mass is 16.5. The van der Waals surface area contributed by atoms with Crippen LogP contribution in [0.2, 0.25) is 0 Å². The number of aryl methyl sites for hydroxylation is 4. The first-order chi connectivity index (χ1) is 13.4. The average molecular weight is 388 g/mol. The lowest BCUT2D eigenvalue weighted by Crippen LogP contribution is -2.52. The molecule has 2 N–H and O–H groups in total. The number of nitrogens with one attached hydrogen (secondary N) is 2. The predicted octanol–water partition coefficient (Wildman–Crippen LogP) is 0.508. The lowest BCUT2D eigenvalue weighted by atomic mass is 10.1. The molecule has 152 valence electrons. The van der Waals surface area contributed by atoms with E-state index >= 15 is 0 Å². The van der Waals surface area contributed by atoms with Gasteiger partial charge in [0.05, 0.1) is 24.5 Å². The van der Waals surface area contributed by atoms with Crippen LogP contribution in [0.25, 0.3) is 0 Å². The molecule has 1 saturated heterocycles. The van der Waals surface area contributed by atoms with E-state index in [1.54, 1.807) is 9.58 Å². The summed E-state index contributed by atoms with van der Waals surface area (Å²) in [7, 11) is 0. The molecule has 0 bridgehead atoms. The molecule has 2 aromatic heterocycles. The Morgan fingerprint density at radius 1 is 1.36 bits per heavy atom. The third-order valence-corrected chi connectivity index (χ3v) is 5.00. The van der Waals surface area contributed by atoms with Crippen LogP contribution >= 0.6 is 0 Å². The van der Waals surface area contributed by atoms with Gasteiger partial charge in [0.2, 0.25) is 5.91 Å². The summed E-state index contributed by atoms with van der Waals surface area (Å²) >= 11 is 0. The van der Waals surface area contributed by atoms with Gasteiger partial charge in [-0.1, -0.05) is 0 Å². The number of carbonyl (C=O) groups is 2. The van der Waals surface area contributed by atoms with E-state index < -0.39 is 6.10 Å². The Bertz CT molecular complexity index is 808. The van der Waals surface area contributed by atoms with Gasteiger partial charge in [-0.2, -0.15) is 10.2 Å². The fourth-order valence-corrected chi connectivity index (χ4v) is 3.36. The molecular formula is C19H28N6O3. The highest BCUT2D eigenvalue weighted by Gasteiger charge is 2.29. The molecule has 9 heteroatoms. The standard InChI is InChI=1S/C19H28N6O3/c1-13-5-8-25(23-13)9-6-18(26)24-10-11-28-17(12-24)19(27)20-7-4-16-14(2)21-22-15(16)3/h5,8,17H,4,6-7,9-12H2,1-3H3,(H,20,27)(H,21,22). The second-order valence-electron chi connectivity index (χ2n) is 7.12. The van der Waals surface area contributed by atoms with E-state index in [1.165, 1.54) is 0 Å². The molecule has 3 heterocycles. The number of H-pyrrole nitrogens is 1. The molecule has 1 atom stereocenters. The van der Waals surface area contributed by atoms with Crippen molar-refractivity contribution in [2.45, 2.75) is 46.3 Å². The Morgan fingerprint density at radius 2 is 2.18 bits per heavy atom. The molecule has 0 aliphatic carbocycles. The number of morpholine rings is 1. The van der Waals surface area contributed by atoms with Crippen molar-refractivity contribution in [2.75, 3.05) is 26.2 Å². The smallest absolute Gasteiger partial charge is 0.251 e. The molecule has 2 aromatic rings. The second-order valence-corrected chi connectivity index (χ2v) is 7.12. The third kappa shape index (κ3) is 4.98. The number of aromatic amines is 1. The number of amides is 2. The minimum absolute atomic E-state index is 0.0129. The zero-order chi connectivity index (χ0) is 20.1. The Balaban J connectivity index is 1.44. The first kappa shape index (κ1) is 20.1. The highest BCUT2D eigenvalue weighted by molar-refractivity contribution is 5.83. The summed E-state index contributed by atoms with van der Waals surface area (Å²) in [5.74, 6) is -0.169. The van der Waals surface area contributed by atoms with Gasteiger partial charge in [-0.3, -0.25) is 19.4 Å².